The highest BCUT2D eigenvalue weighted by Crippen LogP contribution is 2.39. The molecule has 0 saturated heterocycles. The van der Waals surface area contributed by atoms with E-state index in [1.54, 1.807) is 0 Å². The van der Waals surface area contributed by atoms with Crippen LogP contribution in [0, 0.1) is 0 Å². The van der Waals surface area contributed by atoms with E-state index >= 15 is 0 Å². The SMILES string of the molecule is FC(F)c1cc(OC(F)(F)F)c(CCl)nc1C(F)(F)F. The van der Waals surface area contributed by atoms with Crippen molar-refractivity contribution in [1.82, 2.24) is 4.98 Å². The number of hydrogen-bond acceptors (Lipinski definition) is 2. The third-order valence-corrected chi connectivity index (χ3v) is 2.20. The van der Waals surface area contributed by atoms with Crippen molar-refractivity contribution in [3.63, 3.8) is 0 Å². The van der Waals surface area contributed by atoms with Crippen molar-refractivity contribution in [2.45, 2.75) is 24.8 Å². The molecule has 0 aliphatic rings. The molecule has 0 amide bonds. The first kappa shape index (κ1) is 16.7. The van der Waals surface area contributed by atoms with Crippen molar-refractivity contribution in [1.29, 1.82) is 0 Å². The van der Waals surface area contributed by atoms with Crippen molar-refractivity contribution in [2.75, 3.05) is 0 Å². The minimum absolute atomic E-state index is 0.0638. The van der Waals surface area contributed by atoms with Crippen LogP contribution in [0.1, 0.15) is 23.4 Å². The quantitative estimate of drug-likeness (QED) is 0.593. The van der Waals surface area contributed by atoms with E-state index in [0.29, 0.717) is 0 Å². The molecule has 1 aromatic heterocycles. The number of aromatic nitrogens is 1. The van der Waals surface area contributed by atoms with Crippen molar-refractivity contribution >= 4 is 11.6 Å². The molecule has 1 rings (SSSR count). The Bertz CT molecular complexity index is 484. The van der Waals surface area contributed by atoms with Crippen LogP contribution in [0.2, 0.25) is 0 Å². The molecule has 0 radical (unpaired) electrons. The van der Waals surface area contributed by atoms with Crippen molar-refractivity contribution in [3.8, 4) is 5.75 Å². The summed E-state index contributed by atoms with van der Waals surface area (Å²) in [6, 6.07) is -0.0638. The van der Waals surface area contributed by atoms with Gasteiger partial charge < -0.3 is 4.74 Å². The summed E-state index contributed by atoms with van der Waals surface area (Å²) in [6.07, 6.45) is -14.2. The fourth-order valence-electron chi connectivity index (χ4n) is 1.25. The summed E-state index contributed by atoms with van der Waals surface area (Å²) in [5.41, 5.74) is -4.66. The van der Waals surface area contributed by atoms with Crippen LogP contribution in [0.25, 0.3) is 0 Å². The average Bonchev–Trinajstić information content (AvgIpc) is 2.24. The minimum atomic E-state index is -5.28. The van der Waals surface area contributed by atoms with E-state index in [9.17, 15) is 35.1 Å². The number of halogens is 9. The van der Waals surface area contributed by atoms with E-state index in [1.165, 1.54) is 0 Å². The number of hydrogen-bond donors (Lipinski definition) is 0. The molecule has 0 aliphatic heterocycles. The number of nitrogens with zero attached hydrogens (tertiary/aromatic N) is 1. The largest absolute Gasteiger partial charge is 0.573 e. The number of ether oxygens (including phenoxy) is 1. The van der Waals surface area contributed by atoms with Gasteiger partial charge in [0.2, 0.25) is 0 Å². The standard InChI is InChI=1S/C9H4ClF8NO/c10-2-4-5(20-9(16,17)18)1-3(7(11)12)6(19-4)8(13,14)15/h1,7H,2H2. The Morgan fingerprint density at radius 1 is 1.15 bits per heavy atom. The van der Waals surface area contributed by atoms with Gasteiger partial charge in [-0.15, -0.1) is 24.8 Å². The van der Waals surface area contributed by atoms with Gasteiger partial charge in [0.15, 0.2) is 11.4 Å². The van der Waals surface area contributed by atoms with Gasteiger partial charge in [0.1, 0.15) is 0 Å². The monoisotopic (exact) mass is 329 g/mol. The van der Waals surface area contributed by atoms with Crippen LogP contribution in [0.4, 0.5) is 35.1 Å². The van der Waals surface area contributed by atoms with Gasteiger partial charge in [-0.05, 0) is 6.07 Å². The van der Waals surface area contributed by atoms with Crippen LogP contribution in [-0.2, 0) is 12.1 Å². The fourth-order valence-corrected chi connectivity index (χ4v) is 1.44. The van der Waals surface area contributed by atoms with E-state index < -0.39 is 47.5 Å². The van der Waals surface area contributed by atoms with Crippen LogP contribution in [-0.4, -0.2) is 11.3 Å². The van der Waals surface area contributed by atoms with E-state index in [4.69, 9.17) is 11.6 Å². The Morgan fingerprint density at radius 3 is 2.05 bits per heavy atom. The number of pyridine rings is 1. The Morgan fingerprint density at radius 2 is 1.70 bits per heavy atom. The molecule has 0 bridgehead atoms. The maximum atomic E-state index is 12.5. The Kier molecular flexibility index (Phi) is 4.67. The smallest absolute Gasteiger partial charge is 0.404 e. The van der Waals surface area contributed by atoms with Crippen LogP contribution in [0.15, 0.2) is 6.07 Å². The molecule has 114 valence electrons. The second-order valence-corrected chi connectivity index (χ2v) is 3.62. The molecule has 0 saturated carbocycles. The zero-order valence-corrected chi connectivity index (χ0v) is 9.87. The average molecular weight is 330 g/mol. The third-order valence-electron chi connectivity index (χ3n) is 1.95. The summed E-state index contributed by atoms with van der Waals surface area (Å²) in [4.78, 5) is 2.71. The van der Waals surface area contributed by atoms with Gasteiger partial charge in [-0.2, -0.15) is 13.2 Å². The van der Waals surface area contributed by atoms with E-state index in [-0.39, 0.29) is 6.07 Å². The van der Waals surface area contributed by atoms with Crippen molar-refractivity contribution < 1.29 is 39.9 Å². The summed E-state index contributed by atoms with van der Waals surface area (Å²) in [6.45, 7) is 0. The molecular formula is C9H4ClF8NO. The van der Waals surface area contributed by atoms with Gasteiger partial charge in [-0.1, -0.05) is 0 Å². The molecule has 1 heterocycles. The van der Waals surface area contributed by atoms with Crippen molar-refractivity contribution in [2.24, 2.45) is 0 Å². The van der Waals surface area contributed by atoms with Gasteiger partial charge in [-0.25, -0.2) is 13.8 Å². The Balaban J connectivity index is 3.45. The zero-order valence-electron chi connectivity index (χ0n) is 9.12. The van der Waals surface area contributed by atoms with E-state index in [0.717, 1.165) is 0 Å². The molecule has 0 spiro atoms. The molecule has 11 heteroatoms. The number of rotatable bonds is 3. The zero-order chi connectivity index (χ0) is 15.7. The van der Waals surface area contributed by atoms with Crippen molar-refractivity contribution in [3.05, 3.63) is 23.0 Å². The highest BCUT2D eigenvalue weighted by atomic mass is 35.5. The van der Waals surface area contributed by atoms with E-state index in [2.05, 4.69) is 9.72 Å². The summed E-state index contributed by atoms with van der Waals surface area (Å²) >= 11 is 5.15. The second kappa shape index (κ2) is 5.58. The lowest BCUT2D eigenvalue weighted by atomic mass is 10.1. The molecular weight excluding hydrogens is 326 g/mol. The summed E-state index contributed by atoms with van der Waals surface area (Å²) in [5, 5.41) is 0. The maximum absolute atomic E-state index is 12.5. The van der Waals surface area contributed by atoms with Crippen LogP contribution in [0.5, 0.6) is 5.75 Å². The summed E-state index contributed by atoms with van der Waals surface area (Å²) in [5.74, 6) is -2.17. The molecule has 1 aromatic rings. The lowest BCUT2D eigenvalue weighted by molar-refractivity contribution is -0.275. The molecule has 0 aliphatic carbocycles. The minimum Gasteiger partial charge on any atom is -0.404 e. The third kappa shape index (κ3) is 4.09. The van der Waals surface area contributed by atoms with Gasteiger partial charge in [0, 0.05) is 0 Å². The number of alkyl halides is 9. The Hall–Kier alpha value is -1.32. The summed E-state index contributed by atoms with van der Waals surface area (Å²) in [7, 11) is 0. The van der Waals surface area contributed by atoms with Gasteiger partial charge in [0.05, 0.1) is 17.1 Å². The van der Waals surface area contributed by atoms with Gasteiger partial charge in [-0.3, -0.25) is 0 Å². The highest BCUT2D eigenvalue weighted by molar-refractivity contribution is 6.17. The van der Waals surface area contributed by atoms with Crippen LogP contribution >= 0.6 is 11.6 Å². The van der Waals surface area contributed by atoms with Crippen LogP contribution < -0.4 is 4.74 Å². The van der Waals surface area contributed by atoms with E-state index in [1.807, 2.05) is 0 Å². The lowest BCUT2D eigenvalue weighted by Crippen LogP contribution is -2.20. The molecule has 0 fully saturated rings. The van der Waals surface area contributed by atoms with Crippen LogP contribution in [0.3, 0.4) is 0 Å². The fraction of sp³-hybridized carbons (Fsp3) is 0.444. The molecule has 0 unspecified atom stereocenters. The first-order chi connectivity index (χ1) is 8.95. The molecule has 20 heavy (non-hydrogen) atoms. The highest BCUT2D eigenvalue weighted by Gasteiger charge is 2.40. The molecule has 0 N–H and O–H groups in total. The second-order valence-electron chi connectivity index (χ2n) is 3.35. The molecule has 0 atom stereocenters. The summed E-state index contributed by atoms with van der Waals surface area (Å²) < 4.78 is 102. The lowest BCUT2D eigenvalue weighted by Gasteiger charge is -2.17. The molecule has 0 aromatic carbocycles. The Labute approximate surface area is 111 Å². The molecule has 2 nitrogen and oxygen atoms in total. The first-order valence-electron chi connectivity index (χ1n) is 4.66. The normalized spacial score (nSPS) is 12.9. The maximum Gasteiger partial charge on any atom is 0.573 e. The van der Waals surface area contributed by atoms with Gasteiger partial charge >= 0.3 is 12.5 Å². The first-order valence-corrected chi connectivity index (χ1v) is 5.20. The van der Waals surface area contributed by atoms with Gasteiger partial charge in [0.25, 0.3) is 6.43 Å². The predicted octanol–water partition coefficient (Wildman–Crippen LogP) is 4.68. The topological polar surface area (TPSA) is 22.1 Å². The predicted molar refractivity (Wildman–Crippen MR) is 50.4 cm³/mol.